The monoisotopic (exact) mass is 285 g/mol. The van der Waals surface area contributed by atoms with Crippen molar-refractivity contribution < 1.29 is 4.42 Å². The first-order valence-corrected chi connectivity index (χ1v) is 6.93. The molecule has 0 spiro atoms. The van der Waals surface area contributed by atoms with Gasteiger partial charge in [-0.2, -0.15) is 9.97 Å². The molecule has 0 aliphatic rings. The van der Waals surface area contributed by atoms with Gasteiger partial charge in [-0.25, -0.2) is 0 Å². The molecule has 1 aromatic carbocycles. The van der Waals surface area contributed by atoms with Crippen molar-refractivity contribution in [3.05, 3.63) is 46.7 Å². The zero-order chi connectivity index (χ0) is 12.8. The number of fused-ring (bicyclic) bond motifs is 2. The summed E-state index contributed by atoms with van der Waals surface area (Å²) in [7, 11) is 0. The maximum atomic E-state index is 5.76. The molecule has 6 heteroatoms. The molecule has 0 saturated heterocycles. The molecule has 19 heavy (non-hydrogen) atoms. The Kier molecular flexibility index (Phi) is 2.27. The largest absolute Gasteiger partial charge is 0.453 e. The lowest BCUT2D eigenvalue weighted by Crippen LogP contribution is -1.94. The van der Waals surface area contributed by atoms with E-state index < -0.39 is 0 Å². The summed E-state index contributed by atoms with van der Waals surface area (Å²) in [5, 5.41) is 2.97. The topological polar surface area (TPSA) is 43.3 Å². The molecule has 3 heterocycles. The number of rotatable bonds is 1. The number of aromatic nitrogens is 3. The number of nitrogens with zero attached hydrogens (tertiary/aromatic N) is 3. The Morgan fingerprint density at radius 1 is 1.21 bits per heavy atom. The van der Waals surface area contributed by atoms with Crippen LogP contribution in [0.4, 0.5) is 0 Å². The van der Waals surface area contributed by atoms with Crippen molar-refractivity contribution in [2.75, 3.05) is 0 Å². The first-order chi connectivity index (χ1) is 9.31. The highest BCUT2D eigenvalue weighted by molar-refractivity contribution is 7.71. The van der Waals surface area contributed by atoms with Crippen LogP contribution in [0.3, 0.4) is 0 Å². The molecule has 0 radical (unpaired) electrons. The Labute approximate surface area is 117 Å². The third-order valence-electron chi connectivity index (χ3n) is 2.84. The number of benzene rings is 1. The van der Waals surface area contributed by atoms with Crippen LogP contribution in [0.1, 0.15) is 0 Å². The van der Waals surface area contributed by atoms with E-state index in [4.69, 9.17) is 16.6 Å². The Morgan fingerprint density at radius 2 is 2.11 bits per heavy atom. The van der Waals surface area contributed by atoms with Crippen molar-refractivity contribution >= 4 is 39.5 Å². The highest BCUT2D eigenvalue weighted by Crippen LogP contribution is 2.26. The molecule has 4 nitrogen and oxygen atoms in total. The SMILES string of the molecule is S=c1nc(-c2cc3ccccc3o2)nc2sccn12. The van der Waals surface area contributed by atoms with E-state index in [1.54, 1.807) is 4.40 Å². The summed E-state index contributed by atoms with van der Waals surface area (Å²) in [5.41, 5.74) is 0.825. The zero-order valence-electron chi connectivity index (χ0n) is 9.61. The average molecular weight is 285 g/mol. The van der Waals surface area contributed by atoms with Crippen LogP contribution in [0.2, 0.25) is 0 Å². The molecule has 0 aliphatic heterocycles. The molecule has 92 valence electrons. The predicted molar refractivity (Wildman–Crippen MR) is 76.9 cm³/mol. The molecule has 0 unspecified atom stereocenters. The van der Waals surface area contributed by atoms with Gasteiger partial charge in [0.25, 0.3) is 0 Å². The summed E-state index contributed by atoms with van der Waals surface area (Å²) >= 11 is 6.77. The highest BCUT2D eigenvalue weighted by Gasteiger charge is 2.10. The number of furan rings is 1. The highest BCUT2D eigenvalue weighted by atomic mass is 32.1. The van der Waals surface area contributed by atoms with E-state index in [1.165, 1.54) is 11.3 Å². The number of hydrogen-bond donors (Lipinski definition) is 0. The minimum atomic E-state index is 0.488. The summed E-state index contributed by atoms with van der Waals surface area (Å²) in [4.78, 5) is 9.61. The third kappa shape index (κ3) is 1.68. The molecule has 0 fully saturated rings. The van der Waals surface area contributed by atoms with Gasteiger partial charge in [0.2, 0.25) is 10.6 Å². The lowest BCUT2D eigenvalue weighted by atomic mass is 10.2. The molecular formula is C13H7N3OS2. The average Bonchev–Trinajstić information content (AvgIpc) is 3.04. The Hall–Kier alpha value is -2.05. The predicted octanol–water partition coefficient (Wildman–Crippen LogP) is 3.93. The molecule has 4 rings (SSSR count). The van der Waals surface area contributed by atoms with E-state index in [0.29, 0.717) is 16.4 Å². The molecule has 4 aromatic rings. The van der Waals surface area contributed by atoms with Crippen LogP contribution < -0.4 is 0 Å². The first kappa shape index (κ1) is 10.8. The van der Waals surface area contributed by atoms with Crippen LogP contribution >= 0.6 is 23.6 Å². The van der Waals surface area contributed by atoms with Crippen molar-refractivity contribution in [1.82, 2.24) is 14.4 Å². The van der Waals surface area contributed by atoms with E-state index in [9.17, 15) is 0 Å². The minimum absolute atomic E-state index is 0.488. The second kappa shape index (κ2) is 3.97. The molecule has 0 bridgehead atoms. The van der Waals surface area contributed by atoms with Crippen molar-refractivity contribution in [2.24, 2.45) is 0 Å². The van der Waals surface area contributed by atoms with Gasteiger partial charge in [0.05, 0.1) is 0 Å². The van der Waals surface area contributed by atoms with Crippen LogP contribution in [0, 0.1) is 4.77 Å². The van der Waals surface area contributed by atoms with Crippen LogP contribution in [-0.2, 0) is 0 Å². The Balaban J connectivity index is 2.00. The summed E-state index contributed by atoms with van der Waals surface area (Å²) in [6.07, 6.45) is 1.87. The summed E-state index contributed by atoms with van der Waals surface area (Å²) in [6.45, 7) is 0. The van der Waals surface area contributed by atoms with Crippen molar-refractivity contribution in [3.8, 4) is 11.6 Å². The normalized spacial score (nSPS) is 11.4. The van der Waals surface area contributed by atoms with Gasteiger partial charge in [0.1, 0.15) is 5.58 Å². The van der Waals surface area contributed by atoms with Gasteiger partial charge < -0.3 is 4.42 Å². The molecule has 0 atom stereocenters. The Morgan fingerprint density at radius 3 is 3.00 bits per heavy atom. The lowest BCUT2D eigenvalue weighted by Gasteiger charge is -1.96. The van der Waals surface area contributed by atoms with Crippen molar-refractivity contribution in [3.63, 3.8) is 0 Å². The van der Waals surface area contributed by atoms with Gasteiger partial charge in [0.15, 0.2) is 10.7 Å². The van der Waals surface area contributed by atoms with Gasteiger partial charge in [0, 0.05) is 17.0 Å². The maximum Gasteiger partial charge on any atom is 0.208 e. The van der Waals surface area contributed by atoms with Gasteiger partial charge in [-0.15, -0.1) is 11.3 Å². The molecular weight excluding hydrogens is 278 g/mol. The Bertz CT molecular complexity index is 918. The van der Waals surface area contributed by atoms with Crippen LogP contribution in [0.5, 0.6) is 0 Å². The quantitative estimate of drug-likeness (QED) is 0.497. The zero-order valence-corrected chi connectivity index (χ0v) is 11.2. The smallest absolute Gasteiger partial charge is 0.208 e. The minimum Gasteiger partial charge on any atom is -0.453 e. The fourth-order valence-electron chi connectivity index (χ4n) is 1.96. The van der Waals surface area contributed by atoms with E-state index in [1.807, 2.05) is 41.9 Å². The fraction of sp³-hybridized carbons (Fsp3) is 0. The number of hydrogen-bond acceptors (Lipinski definition) is 5. The summed E-state index contributed by atoms with van der Waals surface area (Å²) < 4.78 is 8.03. The van der Waals surface area contributed by atoms with E-state index in [0.717, 1.165) is 15.9 Å². The first-order valence-electron chi connectivity index (χ1n) is 5.64. The standard InChI is InChI=1S/C13H7N3OS2/c18-12-14-11(15-13-16(12)5-6-19-13)10-7-8-3-1-2-4-9(8)17-10/h1-7H. The summed E-state index contributed by atoms with van der Waals surface area (Å²) in [5.74, 6) is 1.17. The van der Waals surface area contributed by atoms with Gasteiger partial charge in [-0.1, -0.05) is 18.2 Å². The number of thiazole rings is 1. The van der Waals surface area contributed by atoms with E-state index >= 15 is 0 Å². The summed E-state index contributed by atoms with van der Waals surface area (Å²) in [6, 6.07) is 9.76. The molecule has 3 aromatic heterocycles. The van der Waals surface area contributed by atoms with Crippen LogP contribution in [0.15, 0.2) is 46.3 Å². The lowest BCUT2D eigenvalue weighted by molar-refractivity contribution is 0.624. The fourth-order valence-corrected chi connectivity index (χ4v) is 2.96. The molecule has 0 aliphatic carbocycles. The van der Waals surface area contributed by atoms with Crippen molar-refractivity contribution in [1.29, 1.82) is 0 Å². The molecule has 0 saturated carbocycles. The van der Waals surface area contributed by atoms with E-state index in [2.05, 4.69) is 9.97 Å². The molecule has 0 amide bonds. The second-order valence-electron chi connectivity index (χ2n) is 4.03. The van der Waals surface area contributed by atoms with Gasteiger partial charge in [-0.05, 0) is 24.4 Å². The maximum absolute atomic E-state index is 5.76. The van der Waals surface area contributed by atoms with Crippen molar-refractivity contribution in [2.45, 2.75) is 0 Å². The van der Waals surface area contributed by atoms with Gasteiger partial charge in [-0.3, -0.25) is 4.40 Å². The van der Waals surface area contributed by atoms with E-state index in [-0.39, 0.29) is 0 Å². The molecule has 0 N–H and O–H groups in total. The van der Waals surface area contributed by atoms with Crippen LogP contribution in [0.25, 0.3) is 27.5 Å². The number of para-hydroxylation sites is 1. The van der Waals surface area contributed by atoms with Crippen LogP contribution in [-0.4, -0.2) is 14.4 Å². The second-order valence-corrected chi connectivity index (χ2v) is 5.27. The third-order valence-corrected chi connectivity index (χ3v) is 3.89. The van der Waals surface area contributed by atoms with Gasteiger partial charge >= 0.3 is 0 Å².